The molecule has 0 saturated heterocycles. The molecule has 3 N–H and O–H groups in total. The maximum atomic E-state index is 12.6. The lowest BCUT2D eigenvalue weighted by atomic mass is 10.1. The number of halogens is 1. The van der Waals surface area contributed by atoms with Crippen LogP contribution < -0.4 is 5.32 Å². The smallest absolute Gasteiger partial charge is 0.272 e. The number of nitrogens with zero attached hydrogens (tertiary/aromatic N) is 3. The number of fused-ring (bicyclic) bond motifs is 1. The van der Waals surface area contributed by atoms with Gasteiger partial charge in [-0.15, -0.1) is 5.10 Å². The first-order valence-corrected chi connectivity index (χ1v) is 7.51. The summed E-state index contributed by atoms with van der Waals surface area (Å²) in [6.45, 7) is 0. The normalized spacial score (nSPS) is 10.9. The van der Waals surface area contributed by atoms with E-state index in [0.29, 0.717) is 27.8 Å². The van der Waals surface area contributed by atoms with Gasteiger partial charge in [0.1, 0.15) is 5.69 Å². The number of hydrogen-bond donors (Lipinski definition) is 3. The monoisotopic (exact) mass is 338 g/mol. The Morgan fingerprint density at radius 2 is 2.00 bits per heavy atom. The number of para-hydroxylation sites is 1. The minimum Gasteiger partial charge on any atom is -0.351 e. The van der Waals surface area contributed by atoms with E-state index in [9.17, 15) is 4.79 Å². The van der Waals surface area contributed by atoms with Gasteiger partial charge >= 0.3 is 0 Å². The number of rotatable bonds is 3. The van der Waals surface area contributed by atoms with Gasteiger partial charge in [-0.3, -0.25) is 4.79 Å². The molecule has 0 aliphatic carbocycles. The van der Waals surface area contributed by atoms with Crippen molar-refractivity contribution in [1.82, 2.24) is 25.6 Å². The number of tetrazole rings is 1. The van der Waals surface area contributed by atoms with E-state index in [2.05, 4.69) is 30.9 Å². The lowest BCUT2D eigenvalue weighted by molar-refractivity contribution is 0.102. The molecule has 2 aromatic carbocycles. The molecule has 24 heavy (non-hydrogen) atoms. The zero-order valence-electron chi connectivity index (χ0n) is 12.2. The van der Waals surface area contributed by atoms with Crippen LogP contribution in [0.3, 0.4) is 0 Å². The van der Waals surface area contributed by atoms with E-state index >= 15 is 0 Å². The highest BCUT2D eigenvalue weighted by Gasteiger charge is 2.15. The lowest BCUT2D eigenvalue weighted by Crippen LogP contribution is -2.13. The molecule has 2 aromatic heterocycles. The lowest BCUT2D eigenvalue weighted by Gasteiger charge is -2.08. The van der Waals surface area contributed by atoms with Crippen molar-refractivity contribution < 1.29 is 4.79 Å². The topological polar surface area (TPSA) is 99.3 Å². The number of carbonyl (C=O) groups is 1. The third-order valence-electron chi connectivity index (χ3n) is 3.60. The fourth-order valence-corrected chi connectivity index (χ4v) is 2.65. The molecule has 0 radical (unpaired) electrons. The molecule has 4 rings (SSSR count). The number of hydrogen-bond acceptors (Lipinski definition) is 4. The first kappa shape index (κ1) is 14.4. The molecule has 0 fully saturated rings. The zero-order valence-corrected chi connectivity index (χ0v) is 13.0. The van der Waals surface area contributed by atoms with Crippen molar-refractivity contribution in [3.8, 4) is 11.4 Å². The first-order valence-electron chi connectivity index (χ1n) is 7.13. The molecule has 118 valence electrons. The summed E-state index contributed by atoms with van der Waals surface area (Å²) in [6, 6.07) is 14.6. The van der Waals surface area contributed by atoms with Gasteiger partial charge in [-0.2, -0.15) is 0 Å². The highest BCUT2D eigenvalue weighted by Crippen LogP contribution is 2.28. The van der Waals surface area contributed by atoms with Crippen LogP contribution in [-0.2, 0) is 0 Å². The number of aromatic nitrogens is 5. The maximum Gasteiger partial charge on any atom is 0.272 e. The molecule has 0 atom stereocenters. The fraction of sp³-hybridized carbons (Fsp3) is 0. The standard InChI is InChI=1S/C16H11ClN6O/c17-10-5-6-13(11(8-10)15-20-22-23-21-15)19-16(24)14-7-9-3-1-2-4-12(9)18-14/h1-8,18H,(H,19,24)(H,20,21,22,23). The SMILES string of the molecule is O=C(Nc1ccc(Cl)cc1-c1nnn[nH]1)c1cc2ccccc2[nH]1. The van der Waals surface area contributed by atoms with Crippen molar-refractivity contribution in [3.63, 3.8) is 0 Å². The van der Waals surface area contributed by atoms with Gasteiger partial charge in [0.2, 0.25) is 0 Å². The second-order valence-corrected chi connectivity index (χ2v) is 5.60. The zero-order chi connectivity index (χ0) is 16.5. The van der Waals surface area contributed by atoms with E-state index in [1.807, 2.05) is 24.3 Å². The number of aromatic amines is 2. The Balaban J connectivity index is 1.69. The van der Waals surface area contributed by atoms with Gasteiger partial charge in [0.15, 0.2) is 5.82 Å². The van der Waals surface area contributed by atoms with Crippen LogP contribution >= 0.6 is 11.6 Å². The van der Waals surface area contributed by atoms with Gasteiger partial charge in [0.25, 0.3) is 5.91 Å². The second-order valence-electron chi connectivity index (χ2n) is 5.16. The van der Waals surface area contributed by atoms with Crippen LogP contribution in [0.2, 0.25) is 5.02 Å². The van der Waals surface area contributed by atoms with Crippen LogP contribution in [0.1, 0.15) is 10.5 Å². The van der Waals surface area contributed by atoms with Gasteiger partial charge in [-0.05, 0) is 40.8 Å². The molecule has 0 unspecified atom stereocenters. The van der Waals surface area contributed by atoms with Crippen LogP contribution in [0.25, 0.3) is 22.3 Å². The Morgan fingerprint density at radius 3 is 2.79 bits per heavy atom. The maximum absolute atomic E-state index is 12.6. The van der Waals surface area contributed by atoms with Crippen molar-refractivity contribution >= 4 is 34.1 Å². The van der Waals surface area contributed by atoms with E-state index in [1.165, 1.54) is 0 Å². The Morgan fingerprint density at radius 1 is 1.12 bits per heavy atom. The molecule has 0 spiro atoms. The van der Waals surface area contributed by atoms with Gasteiger partial charge in [-0.1, -0.05) is 29.8 Å². The van der Waals surface area contributed by atoms with Gasteiger partial charge in [-0.25, -0.2) is 5.10 Å². The highest BCUT2D eigenvalue weighted by atomic mass is 35.5. The minimum atomic E-state index is -0.262. The Labute approximate surface area is 141 Å². The Hall–Kier alpha value is -3.19. The van der Waals surface area contributed by atoms with Crippen LogP contribution in [0.15, 0.2) is 48.5 Å². The number of H-pyrrole nitrogens is 2. The number of amides is 1. The molecule has 4 aromatic rings. The largest absolute Gasteiger partial charge is 0.351 e. The summed E-state index contributed by atoms with van der Waals surface area (Å²) in [5.74, 6) is 0.159. The van der Waals surface area contributed by atoms with Gasteiger partial charge < -0.3 is 10.3 Å². The number of benzene rings is 2. The average molecular weight is 339 g/mol. The summed E-state index contributed by atoms with van der Waals surface area (Å²) < 4.78 is 0. The van der Waals surface area contributed by atoms with Crippen LogP contribution in [-0.4, -0.2) is 31.5 Å². The van der Waals surface area contributed by atoms with Crippen molar-refractivity contribution in [2.75, 3.05) is 5.32 Å². The second kappa shape index (κ2) is 5.78. The van der Waals surface area contributed by atoms with Crippen LogP contribution in [0, 0.1) is 0 Å². The molecular weight excluding hydrogens is 328 g/mol. The first-order chi connectivity index (χ1) is 11.7. The summed E-state index contributed by atoms with van der Waals surface area (Å²) >= 11 is 6.04. The van der Waals surface area contributed by atoms with Crippen molar-refractivity contribution in [2.45, 2.75) is 0 Å². The summed E-state index contributed by atoms with van der Waals surface area (Å²) in [7, 11) is 0. The molecular formula is C16H11ClN6O. The third-order valence-corrected chi connectivity index (χ3v) is 3.84. The summed E-state index contributed by atoms with van der Waals surface area (Å²) in [6.07, 6.45) is 0. The van der Waals surface area contributed by atoms with Crippen molar-refractivity contribution in [3.05, 3.63) is 59.2 Å². The molecule has 0 saturated carbocycles. The van der Waals surface area contributed by atoms with Crippen molar-refractivity contribution in [1.29, 1.82) is 0 Å². The highest BCUT2D eigenvalue weighted by molar-refractivity contribution is 6.31. The van der Waals surface area contributed by atoms with E-state index in [1.54, 1.807) is 24.3 Å². The van der Waals surface area contributed by atoms with Crippen LogP contribution in [0.4, 0.5) is 5.69 Å². The van der Waals surface area contributed by atoms with Crippen molar-refractivity contribution in [2.24, 2.45) is 0 Å². The number of nitrogens with one attached hydrogen (secondary N) is 3. The van der Waals surface area contributed by atoms with E-state index in [-0.39, 0.29) is 5.91 Å². The molecule has 2 heterocycles. The molecule has 0 aliphatic heterocycles. The summed E-state index contributed by atoms with van der Waals surface area (Å²) in [5, 5.41) is 18.0. The summed E-state index contributed by atoms with van der Waals surface area (Å²) in [5.41, 5.74) is 2.53. The quantitative estimate of drug-likeness (QED) is 0.534. The Bertz CT molecular complexity index is 991. The number of carbonyl (C=O) groups excluding carboxylic acids is 1. The van der Waals surface area contributed by atoms with E-state index < -0.39 is 0 Å². The number of anilines is 1. The molecule has 7 nitrogen and oxygen atoms in total. The van der Waals surface area contributed by atoms with Gasteiger partial charge in [0.05, 0.1) is 5.69 Å². The van der Waals surface area contributed by atoms with E-state index in [0.717, 1.165) is 10.9 Å². The van der Waals surface area contributed by atoms with Crippen LogP contribution in [0.5, 0.6) is 0 Å². The molecule has 0 aliphatic rings. The van der Waals surface area contributed by atoms with E-state index in [4.69, 9.17) is 11.6 Å². The Kier molecular flexibility index (Phi) is 3.47. The molecule has 8 heteroatoms. The minimum absolute atomic E-state index is 0.262. The summed E-state index contributed by atoms with van der Waals surface area (Å²) in [4.78, 5) is 15.6. The predicted octanol–water partition coefficient (Wildman–Crippen LogP) is 3.25. The predicted molar refractivity (Wildman–Crippen MR) is 90.9 cm³/mol. The van der Waals surface area contributed by atoms with Gasteiger partial charge in [0, 0.05) is 21.5 Å². The molecule has 0 bridgehead atoms. The average Bonchev–Trinajstić information content (AvgIpc) is 3.25. The molecule has 1 amide bonds. The third kappa shape index (κ3) is 2.61. The fourth-order valence-electron chi connectivity index (χ4n) is 2.48.